The van der Waals surface area contributed by atoms with Crippen LogP contribution in [-0.2, 0) is 10.8 Å². The second-order valence-corrected chi connectivity index (χ2v) is 5.54. The Kier molecular flexibility index (Phi) is 4.62. The summed E-state index contributed by atoms with van der Waals surface area (Å²) in [6.45, 7) is 3.73. The lowest BCUT2D eigenvalue weighted by Crippen LogP contribution is -2.22. The minimum Gasteiger partial charge on any atom is -0.376 e. The maximum absolute atomic E-state index is 11.1. The number of aryl methyl sites for hydroxylation is 1. The summed E-state index contributed by atoms with van der Waals surface area (Å²) in [7, 11) is -0.924. The summed E-state index contributed by atoms with van der Waals surface area (Å²) < 4.78 is 11.1. The smallest absolute Gasteiger partial charge is 0.292 e. The fourth-order valence-corrected chi connectivity index (χ4v) is 2.37. The summed E-state index contributed by atoms with van der Waals surface area (Å²) in [5.74, 6) is 0.463. The van der Waals surface area contributed by atoms with Gasteiger partial charge in [-0.25, -0.2) is 0 Å². The fourth-order valence-electron chi connectivity index (χ4n) is 1.58. The third kappa shape index (κ3) is 4.14. The zero-order chi connectivity index (χ0) is 13.0. The Morgan fingerprint density at radius 2 is 2.18 bits per heavy atom. The van der Waals surface area contributed by atoms with E-state index in [0.717, 1.165) is 5.56 Å². The zero-order valence-electron chi connectivity index (χ0n) is 10.1. The number of nitrogens with zero attached hydrogens (tertiary/aromatic N) is 1. The summed E-state index contributed by atoms with van der Waals surface area (Å²) in [6, 6.07) is 4.84. The topological polar surface area (TPSA) is 72.2 Å². The fraction of sp³-hybridized carbons (Fsp3) is 0.455. The zero-order valence-corrected chi connectivity index (χ0v) is 10.9. The van der Waals surface area contributed by atoms with Crippen LogP contribution in [0.2, 0.25) is 0 Å². The van der Waals surface area contributed by atoms with Gasteiger partial charge in [-0.2, -0.15) is 0 Å². The standard InChI is InChI=1S/C11H16N2O3S/c1-8-4-5-11(13(14)15)10(6-8)12-9(2)7-17(3)16/h4-6,9,12H,7H2,1-3H3. The van der Waals surface area contributed by atoms with E-state index in [1.165, 1.54) is 6.07 Å². The molecule has 1 aromatic rings. The van der Waals surface area contributed by atoms with Crippen LogP contribution in [0, 0.1) is 17.0 Å². The third-order valence-electron chi connectivity index (χ3n) is 2.24. The van der Waals surface area contributed by atoms with E-state index in [4.69, 9.17) is 0 Å². The molecule has 0 aromatic heterocycles. The Morgan fingerprint density at radius 1 is 1.53 bits per heavy atom. The average molecular weight is 256 g/mol. The molecule has 1 N–H and O–H groups in total. The van der Waals surface area contributed by atoms with Crippen molar-refractivity contribution in [2.45, 2.75) is 19.9 Å². The van der Waals surface area contributed by atoms with E-state index < -0.39 is 15.7 Å². The van der Waals surface area contributed by atoms with Gasteiger partial charge in [-0.1, -0.05) is 6.07 Å². The van der Waals surface area contributed by atoms with Crippen LogP contribution in [0.5, 0.6) is 0 Å². The van der Waals surface area contributed by atoms with E-state index in [2.05, 4.69) is 5.32 Å². The third-order valence-corrected chi connectivity index (χ3v) is 3.20. The van der Waals surface area contributed by atoms with Crippen molar-refractivity contribution in [1.29, 1.82) is 0 Å². The lowest BCUT2D eigenvalue weighted by atomic mass is 10.2. The van der Waals surface area contributed by atoms with Gasteiger partial charge in [-0.15, -0.1) is 0 Å². The van der Waals surface area contributed by atoms with Crippen LogP contribution in [0.25, 0.3) is 0 Å². The molecular formula is C11H16N2O3S. The first-order valence-electron chi connectivity index (χ1n) is 5.21. The highest BCUT2D eigenvalue weighted by Crippen LogP contribution is 2.25. The predicted molar refractivity (Wildman–Crippen MR) is 69.9 cm³/mol. The molecule has 0 aliphatic rings. The van der Waals surface area contributed by atoms with Gasteiger partial charge in [0.25, 0.3) is 5.69 Å². The van der Waals surface area contributed by atoms with Crippen LogP contribution >= 0.6 is 0 Å². The van der Waals surface area contributed by atoms with E-state index in [9.17, 15) is 14.3 Å². The molecule has 5 nitrogen and oxygen atoms in total. The lowest BCUT2D eigenvalue weighted by molar-refractivity contribution is -0.384. The van der Waals surface area contributed by atoms with Gasteiger partial charge >= 0.3 is 0 Å². The Hall–Kier alpha value is -1.43. The van der Waals surface area contributed by atoms with Crippen molar-refractivity contribution in [2.24, 2.45) is 0 Å². The first-order chi connectivity index (χ1) is 7.90. The maximum Gasteiger partial charge on any atom is 0.292 e. The number of hydrogen-bond donors (Lipinski definition) is 1. The van der Waals surface area contributed by atoms with Gasteiger partial charge in [0, 0.05) is 34.9 Å². The molecule has 94 valence electrons. The molecule has 1 aromatic carbocycles. The predicted octanol–water partition coefficient (Wildman–Crippen LogP) is 2.08. The van der Waals surface area contributed by atoms with Crippen molar-refractivity contribution in [2.75, 3.05) is 17.3 Å². The molecule has 0 amide bonds. The number of anilines is 1. The quantitative estimate of drug-likeness (QED) is 0.646. The molecule has 17 heavy (non-hydrogen) atoms. The summed E-state index contributed by atoms with van der Waals surface area (Å²) in [6.07, 6.45) is 1.61. The van der Waals surface area contributed by atoms with E-state index in [1.54, 1.807) is 18.4 Å². The highest BCUT2D eigenvalue weighted by Gasteiger charge is 2.15. The van der Waals surface area contributed by atoms with Crippen molar-refractivity contribution in [1.82, 2.24) is 0 Å². The number of nitro benzene ring substituents is 1. The monoisotopic (exact) mass is 256 g/mol. The summed E-state index contributed by atoms with van der Waals surface area (Å²) in [5.41, 5.74) is 1.47. The highest BCUT2D eigenvalue weighted by molar-refractivity contribution is 7.84. The van der Waals surface area contributed by atoms with Crippen LogP contribution in [0.15, 0.2) is 18.2 Å². The van der Waals surface area contributed by atoms with Crippen molar-refractivity contribution < 1.29 is 9.13 Å². The lowest BCUT2D eigenvalue weighted by Gasteiger charge is -2.14. The van der Waals surface area contributed by atoms with Gasteiger partial charge in [-0.3, -0.25) is 14.3 Å². The first kappa shape index (κ1) is 13.6. The molecular weight excluding hydrogens is 240 g/mol. The second-order valence-electron chi connectivity index (χ2n) is 4.06. The Balaban J connectivity index is 2.92. The maximum atomic E-state index is 11.1. The number of benzene rings is 1. The van der Waals surface area contributed by atoms with Gasteiger partial charge in [0.1, 0.15) is 5.69 Å². The summed E-state index contributed by atoms with van der Waals surface area (Å²) in [4.78, 5) is 10.4. The van der Waals surface area contributed by atoms with Crippen molar-refractivity contribution in [3.8, 4) is 0 Å². The van der Waals surface area contributed by atoms with Crippen LogP contribution in [0.4, 0.5) is 11.4 Å². The number of rotatable bonds is 5. The molecule has 0 fully saturated rings. The highest BCUT2D eigenvalue weighted by atomic mass is 32.2. The molecule has 0 radical (unpaired) electrons. The molecule has 0 spiro atoms. The van der Waals surface area contributed by atoms with Crippen LogP contribution in [0.1, 0.15) is 12.5 Å². The Bertz CT molecular complexity index is 448. The largest absolute Gasteiger partial charge is 0.376 e. The van der Waals surface area contributed by atoms with Crippen molar-refractivity contribution in [3.63, 3.8) is 0 Å². The van der Waals surface area contributed by atoms with Crippen molar-refractivity contribution >= 4 is 22.2 Å². The molecule has 0 saturated carbocycles. The van der Waals surface area contributed by atoms with Gasteiger partial charge in [-0.05, 0) is 25.5 Å². The average Bonchev–Trinajstić information content (AvgIpc) is 2.15. The second kappa shape index (κ2) is 5.77. The van der Waals surface area contributed by atoms with Gasteiger partial charge < -0.3 is 5.32 Å². The summed E-state index contributed by atoms with van der Waals surface area (Å²) >= 11 is 0. The Morgan fingerprint density at radius 3 is 2.71 bits per heavy atom. The van der Waals surface area contributed by atoms with Gasteiger partial charge in [0.2, 0.25) is 0 Å². The molecule has 0 aliphatic carbocycles. The number of nitro groups is 1. The molecule has 1 rings (SSSR count). The molecule has 0 heterocycles. The summed E-state index contributed by atoms with van der Waals surface area (Å²) in [5, 5.41) is 13.9. The van der Waals surface area contributed by atoms with Gasteiger partial charge in [0.15, 0.2) is 0 Å². The molecule has 0 saturated heterocycles. The van der Waals surface area contributed by atoms with E-state index in [0.29, 0.717) is 11.4 Å². The number of nitrogens with one attached hydrogen (secondary N) is 1. The van der Waals surface area contributed by atoms with Crippen molar-refractivity contribution in [3.05, 3.63) is 33.9 Å². The molecule has 2 unspecified atom stereocenters. The van der Waals surface area contributed by atoms with Crippen LogP contribution in [0.3, 0.4) is 0 Å². The van der Waals surface area contributed by atoms with E-state index in [-0.39, 0.29) is 11.7 Å². The van der Waals surface area contributed by atoms with E-state index in [1.807, 2.05) is 13.8 Å². The SMILES string of the molecule is Cc1ccc([N+](=O)[O-])c(NC(C)CS(C)=O)c1. The van der Waals surface area contributed by atoms with Crippen LogP contribution < -0.4 is 5.32 Å². The normalized spacial score (nSPS) is 14.1. The minimum atomic E-state index is -0.924. The Labute approximate surface area is 103 Å². The molecule has 0 bridgehead atoms. The van der Waals surface area contributed by atoms with E-state index >= 15 is 0 Å². The molecule has 6 heteroatoms. The molecule has 2 atom stereocenters. The first-order valence-corrected chi connectivity index (χ1v) is 6.94. The van der Waals surface area contributed by atoms with Crippen LogP contribution in [-0.4, -0.2) is 27.2 Å². The molecule has 0 aliphatic heterocycles. The number of hydrogen-bond acceptors (Lipinski definition) is 4. The van der Waals surface area contributed by atoms with Gasteiger partial charge in [0.05, 0.1) is 4.92 Å². The minimum absolute atomic E-state index is 0.0457.